The average Bonchev–Trinajstić information content (AvgIpc) is 2.54. The molecule has 0 radical (unpaired) electrons. The first-order valence-corrected chi connectivity index (χ1v) is 8.36. The maximum atomic E-state index is 12.1. The van der Waals surface area contributed by atoms with Crippen LogP contribution in [0, 0.1) is 0 Å². The van der Waals surface area contributed by atoms with Gasteiger partial charge in [-0.15, -0.1) is 24.9 Å². The molecule has 0 aliphatic carbocycles. The molecule has 0 heterocycles. The van der Waals surface area contributed by atoms with E-state index in [1.807, 2.05) is 0 Å². The summed E-state index contributed by atoms with van der Waals surface area (Å²) in [4.78, 5) is 23.7. The summed E-state index contributed by atoms with van der Waals surface area (Å²) in [6, 6.07) is 11.9. The number of anilines is 2. The SMILES string of the molecule is CC(=O)Nc1ccc(SCC(=O)Nc2ccc(OC(F)(F)F)cc2)cc1. The molecule has 0 unspecified atom stereocenters. The number of carbonyl (C=O) groups excluding carboxylic acids is 2. The zero-order valence-corrected chi connectivity index (χ0v) is 14.4. The van der Waals surface area contributed by atoms with Crippen LogP contribution in [-0.4, -0.2) is 23.9 Å². The first-order valence-electron chi connectivity index (χ1n) is 7.37. The molecule has 2 amide bonds. The van der Waals surface area contributed by atoms with E-state index in [0.29, 0.717) is 11.4 Å². The lowest BCUT2D eigenvalue weighted by Gasteiger charge is -2.10. The predicted molar refractivity (Wildman–Crippen MR) is 93.2 cm³/mol. The maximum Gasteiger partial charge on any atom is 0.573 e. The molecule has 0 atom stereocenters. The van der Waals surface area contributed by atoms with Crippen LogP contribution in [0.15, 0.2) is 53.4 Å². The number of nitrogens with one attached hydrogen (secondary N) is 2. The topological polar surface area (TPSA) is 67.4 Å². The van der Waals surface area contributed by atoms with Crippen LogP contribution >= 0.6 is 11.8 Å². The second kappa shape index (κ2) is 8.61. The van der Waals surface area contributed by atoms with Crippen LogP contribution in [-0.2, 0) is 9.59 Å². The van der Waals surface area contributed by atoms with E-state index in [0.717, 1.165) is 17.0 Å². The Labute approximate surface area is 151 Å². The highest BCUT2D eigenvalue weighted by Crippen LogP contribution is 2.24. The summed E-state index contributed by atoms with van der Waals surface area (Å²) in [5, 5.41) is 5.23. The van der Waals surface area contributed by atoms with Gasteiger partial charge in [0.2, 0.25) is 11.8 Å². The average molecular weight is 384 g/mol. The zero-order chi connectivity index (χ0) is 19.2. The monoisotopic (exact) mass is 384 g/mol. The highest BCUT2D eigenvalue weighted by Gasteiger charge is 2.30. The van der Waals surface area contributed by atoms with Gasteiger partial charge in [0.15, 0.2) is 0 Å². The molecule has 26 heavy (non-hydrogen) atoms. The molecule has 0 saturated carbocycles. The summed E-state index contributed by atoms with van der Waals surface area (Å²) in [5.74, 6) is -0.702. The predicted octanol–water partition coefficient (Wildman–Crippen LogP) is 4.27. The van der Waals surface area contributed by atoms with Crippen molar-refractivity contribution in [2.75, 3.05) is 16.4 Å². The first kappa shape index (κ1) is 19.6. The molecular weight excluding hydrogens is 369 g/mol. The van der Waals surface area contributed by atoms with E-state index in [-0.39, 0.29) is 23.3 Å². The molecule has 0 saturated heterocycles. The van der Waals surface area contributed by atoms with Gasteiger partial charge < -0.3 is 15.4 Å². The van der Waals surface area contributed by atoms with Crippen LogP contribution in [0.3, 0.4) is 0 Å². The van der Waals surface area contributed by atoms with E-state index in [1.54, 1.807) is 24.3 Å². The smallest absolute Gasteiger partial charge is 0.406 e. The molecule has 2 aromatic carbocycles. The fraction of sp³-hybridized carbons (Fsp3) is 0.176. The van der Waals surface area contributed by atoms with Crippen LogP contribution in [0.5, 0.6) is 5.75 Å². The largest absolute Gasteiger partial charge is 0.573 e. The van der Waals surface area contributed by atoms with Gasteiger partial charge in [0.05, 0.1) is 5.75 Å². The number of halogens is 3. The Morgan fingerprint density at radius 2 is 1.50 bits per heavy atom. The number of amides is 2. The maximum absolute atomic E-state index is 12.1. The number of hydrogen-bond donors (Lipinski definition) is 2. The fourth-order valence-electron chi connectivity index (χ4n) is 1.92. The van der Waals surface area contributed by atoms with Crippen LogP contribution in [0.4, 0.5) is 24.5 Å². The van der Waals surface area contributed by atoms with Gasteiger partial charge in [0.25, 0.3) is 0 Å². The third-order valence-corrected chi connectivity index (χ3v) is 3.93. The Balaban J connectivity index is 1.82. The Morgan fingerprint density at radius 3 is 2.04 bits per heavy atom. The molecule has 0 spiro atoms. The van der Waals surface area contributed by atoms with Gasteiger partial charge >= 0.3 is 6.36 Å². The molecule has 0 aliphatic rings. The molecule has 0 bridgehead atoms. The third kappa shape index (κ3) is 7.06. The van der Waals surface area contributed by atoms with Crippen molar-refractivity contribution >= 4 is 35.0 Å². The van der Waals surface area contributed by atoms with Gasteiger partial charge in [-0.2, -0.15) is 0 Å². The quantitative estimate of drug-likeness (QED) is 0.730. The minimum absolute atomic E-state index is 0.125. The Bertz CT molecular complexity index is 762. The number of thioether (sulfide) groups is 1. The van der Waals surface area contributed by atoms with E-state index < -0.39 is 6.36 Å². The molecule has 0 fully saturated rings. The Hall–Kier alpha value is -2.68. The van der Waals surface area contributed by atoms with Crippen molar-refractivity contribution in [1.29, 1.82) is 0 Å². The first-order chi connectivity index (χ1) is 12.2. The van der Waals surface area contributed by atoms with Gasteiger partial charge in [-0.3, -0.25) is 9.59 Å². The normalized spacial score (nSPS) is 10.9. The highest BCUT2D eigenvalue weighted by molar-refractivity contribution is 8.00. The van der Waals surface area contributed by atoms with E-state index in [9.17, 15) is 22.8 Å². The van der Waals surface area contributed by atoms with Crippen molar-refractivity contribution < 1.29 is 27.5 Å². The second-order valence-corrected chi connectivity index (χ2v) is 6.16. The summed E-state index contributed by atoms with van der Waals surface area (Å²) in [6.07, 6.45) is -4.75. The lowest BCUT2D eigenvalue weighted by molar-refractivity contribution is -0.274. The molecule has 9 heteroatoms. The Morgan fingerprint density at radius 1 is 0.962 bits per heavy atom. The molecule has 2 N–H and O–H groups in total. The standard InChI is InChI=1S/C17H15F3N2O3S/c1-11(23)21-12-4-8-15(9-5-12)26-10-16(24)22-13-2-6-14(7-3-13)25-17(18,19)20/h2-9H,10H2,1H3,(H,21,23)(H,22,24). The minimum atomic E-state index is -4.75. The zero-order valence-electron chi connectivity index (χ0n) is 13.6. The molecule has 0 aromatic heterocycles. The second-order valence-electron chi connectivity index (χ2n) is 5.11. The van der Waals surface area contributed by atoms with Crippen LogP contribution in [0.25, 0.3) is 0 Å². The number of alkyl halides is 3. The summed E-state index contributed by atoms with van der Waals surface area (Å²) < 4.78 is 40.0. The van der Waals surface area contributed by atoms with Crippen molar-refractivity contribution in [2.24, 2.45) is 0 Å². The minimum Gasteiger partial charge on any atom is -0.406 e. The fourth-order valence-corrected chi connectivity index (χ4v) is 2.62. The van der Waals surface area contributed by atoms with Crippen molar-refractivity contribution in [3.05, 3.63) is 48.5 Å². The number of rotatable bonds is 6. The molecule has 2 aromatic rings. The van der Waals surface area contributed by atoms with E-state index >= 15 is 0 Å². The summed E-state index contributed by atoms with van der Waals surface area (Å²) in [6.45, 7) is 1.41. The van der Waals surface area contributed by atoms with Crippen molar-refractivity contribution in [3.8, 4) is 5.75 Å². The molecule has 0 aliphatic heterocycles. The third-order valence-electron chi connectivity index (χ3n) is 2.92. The number of hydrogen-bond acceptors (Lipinski definition) is 4. The summed E-state index contributed by atoms with van der Waals surface area (Å²) >= 11 is 1.29. The number of carbonyl (C=O) groups is 2. The van der Waals surface area contributed by atoms with Gasteiger partial charge in [-0.1, -0.05) is 0 Å². The van der Waals surface area contributed by atoms with Gasteiger partial charge in [-0.05, 0) is 48.5 Å². The number of ether oxygens (including phenoxy) is 1. The number of benzene rings is 2. The molecular formula is C17H15F3N2O3S. The lowest BCUT2D eigenvalue weighted by Crippen LogP contribution is -2.17. The van der Waals surface area contributed by atoms with Crippen LogP contribution in [0.1, 0.15) is 6.92 Å². The highest BCUT2D eigenvalue weighted by atomic mass is 32.2. The van der Waals surface area contributed by atoms with E-state index in [4.69, 9.17) is 0 Å². The Kier molecular flexibility index (Phi) is 6.51. The lowest BCUT2D eigenvalue weighted by atomic mass is 10.3. The van der Waals surface area contributed by atoms with Crippen LogP contribution < -0.4 is 15.4 Å². The van der Waals surface area contributed by atoms with Crippen molar-refractivity contribution in [2.45, 2.75) is 18.2 Å². The van der Waals surface area contributed by atoms with Gasteiger partial charge in [0, 0.05) is 23.2 Å². The van der Waals surface area contributed by atoms with E-state index in [2.05, 4.69) is 15.4 Å². The summed E-state index contributed by atoms with van der Waals surface area (Å²) in [7, 11) is 0. The van der Waals surface area contributed by atoms with Gasteiger partial charge in [0.1, 0.15) is 5.75 Å². The van der Waals surface area contributed by atoms with Crippen molar-refractivity contribution in [1.82, 2.24) is 0 Å². The van der Waals surface area contributed by atoms with Crippen molar-refractivity contribution in [3.63, 3.8) is 0 Å². The van der Waals surface area contributed by atoms with Gasteiger partial charge in [-0.25, -0.2) is 0 Å². The van der Waals surface area contributed by atoms with Crippen LogP contribution in [0.2, 0.25) is 0 Å². The summed E-state index contributed by atoms with van der Waals surface area (Å²) in [5.41, 5.74) is 1.03. The molecule has 5 nitrogen and oxygen atoms in total. The van der Waals surface area contributed by atoms with E-state index in [1.165, 1.54) is 30.8 Å². The molecule has 138 valence electrons. The molecule has 2 rings (SSSR count).